The van der Waals surface area contributed by atoms with Crippen LogP contribution in [0.3, 0.4) is 0 Å². The minimum atomic E-state index is -0.562. The van der Waals surface area contributed by atoms with Crippen molar-refractivity contribution in [3.05, 3.63) is 76.4 Å². The Kier molecular flexibility index (Phi) is 4.63. The van der Waals surface area contributed by atoms with Gasteiger partial charge >= 0.3 is 0 Å². The molecule has 1 heterocycles. The SMILES string of the molecule is Cc1ccc(C(N)=O)cc1NC(=O)c1ccc(-c2ccccc2F)s1. The highest BCUT2D eigenvalue weighted by molar-refractivity contribution is 7.17. The van der Waals surface area contributed by atoms with Crippen molar-refractivity contribution >= 4 is 28.8 Å². The number of hydrogen-bond acceptors (Lipinski definition) is 3. The van der Waals surface area contributed by atoms with E-state index in [1.54, 1.807) is 48.5 Å². The molecule has 0 unspecified atom stereocenters. The van der Waals surface area contributed by atoms with Crippen LogP contribution in [0.4, 0.5) is 10.1 Å². The Morgan fingerprint density at radius 3 is 2.56 bits per heavy atom. The van der Waals surface area contributed by atoms with Crippen molar-refractivity contribution in [2.45, 2.75) is 6.92 Å². The van der Waals surface area contributed by atoms with Crippen LogP contribution < -0.4 is 11.1 Å². The standard InChI is InChI=1S/C19H15FN2O2S/c1-11-6-7-12(18(21)23)10-15(11)22-19(24)17-9-8-16(25-17)13-4-2-3-5-14(13)20/h2-10H,1H3,(H2,21,23)(H,22,24). The van der Waals surface area contributed by atoms with Crippen molar-refractivity contribution in [1.82, 2.24) is 0 Å². The zero-order valence-corrected chi connectivity index (χ0v) is 14.2. The zero-order chi connectivity index (χ0) is 18.0. The number of carbonyl (C=O) groups excluding carboxylic acids is 2. The van der Waals surface area contributed by atoms with E-state index in [9.17, 15) is 14.0 Å². The maximum atomic E-state index is 13.9. The molecule has 0 aliphatic heterocycles. The normalized spacial score (nSPS) is 10.5. The van der Waals surface area contributed by atoms with Gasteiger partial charge < -0.3 is 11.1 Å². The highest BCUT2D eigenvalue weighted by atomic mass is 32.1. The summed E-state index contributed by atoms with van der Waals surface area (Å²) in [5.74, 6) is -1.22. The maximum absolute atomic E-state index is 13.9. The Bertz CT molecular complexity index is 966. The summed E-state index contributed by atoms with van der Waals surface area (Å²) >= 11 is 1.20. The number of anilines is 1. The molecule has 2 aromatic carbocycles. The van der Waals surface area contributed by atoms with Crippen molar-refractivity contribution in [2.75, 3.05) is 5.32 Å². The van der Waals surface area contributed by atoms with E-state index in [0.29, 0.717) is 26.6 Å². The molecule has 0 saturated carbocycles. The third kappa shape index (κ3) is 3.59. The lowest BCUT2D eigenvalue weighted by molar-refractivity contribution is 0.0996. The minimum Gasteiger partial charge on any atom is -0.366 e. The third-order valence-corrected chi connectivity index (χ3v) is 4.86. The Hall–Kier alpha value is -2.99. The molecule has 2 amide bonds. The summed E-state index contributed by atoms with van der Waals surface area (Å²) in [5.41, 5.74) is 7.37. The van der Waals surface area contributed by atoms with E-state index in [1.807, 2.05) is 6.92 Å². The molecule has 0 fully saturated rings. The highest BCUT2D eigenvalue weighted by Crippen LogP contribution is 2.30. The molecule has 25 heavy (non-hydrogen) atoms. The number of hydrogen-bond donors (Lipinski definition) is 2. The first kappa shape index (κ1) is 16.9. The summed E-state index contributed by atoms with van der Waals surface area (Å²) in [6.07, 6.45) is 0. The molecule has 3 rings (SSSR count). The number of carbonyl (C=O) groups is 2. The molecule has 4 nitrogen and oxygen atoms in total. The Labute approximate surface area is 148 Å². The fraction of sp³-hybridized carbons (Fsp3) is 0.0526. The first-order chi connectivity index (χ1) is 12.0. The lowest BCUT2D eigenvalue weighted by atomic mass is 10.1. The Morgan fingerprint density at radius 2 is 1.84 bits per heavy atom. The van der Waals surface area contributed by atoms with Gasteiger partial charge in [-0.1, -0.05) is 24.3 Å². The first-order valence-corrected chi connectivity index (χ1v) is 8.34. The van der Waals surface area contributed by atoms with Gasteiger partial charge in [0.15, 0.2) is 0 Å². The number of thiophene rings is 1. The molecule has 0 radical (unpaired) electrons. The second-order valence-electron chi connectivity index (χ2n) is 5.49. The maximum Gasteiger partial charge on any atom is 0.265 e. The Balaban J connectivity index is 1.85. The summed E-state index contributed by atoms with van der Waals surface area (Å²) in [7, 11) is 0. The quantitative estimate of drug-likeness (QED) is 0.736. The van der Waals surface area contributed by atoms with Crippen LogP contribution in [0.5, 0.6) is 0 Å². The van der Waals surface area contributed by atoms with Gasteiger partial charge in [-0.05, 0) is 42.8 Å². The van der Waals surface area contributed by atoms with Gasteiger partial charge in [0.2, 0.25) is 5.91 Å². The predicted octanol–water partition coefficient (Wildman–Crippen LogP) is 4.21. The second-order valence-corrected chi connectivity index (χ2v) is 6.58. The van der Waals surface area contributed by atoms with Crippen LogP contribution in [0.2, 0.25) is 0 Å². The fourth-order valence-electron chi connectivity index (χ4n) is 2.36. The molecule has 0 aliphatic rings. The van der Waals surface area contributed by atoms with Crippen LogP contribution in [-0.4, -0.2) is 11.8 Å². The van der Waals surface area contributed by atoms with Crippen LogP contribution in [0.15, 0.2) is 54.6 Å². The van der Waals surface area contributed by atoms with Gasteiger partial charge in [-0.3, -0.25) is 9.59 Å². The largest absolute Gasteiger partial charge is 0.366 e. The number of amides is 2. The molecule has 0 atom stereocenters. The number of rotatable bonds is 4. The van der Waals surface area contributed by atoms with Crippen LogP contribution in [-0.2, 0) is 0 Å². The molecule has 6 heteroatoms. The molecule has 3 N–H and O–H groups in total. The van der Waals surface area contributed by atoms with Crippen molar-refractivity contribution in [3.8, 4) is 10.4 Å². The van der Waals surface area contributed by atoms with Crippen molar-refractivity contribution in [3.63, 3.8) is 0 Å². The highest BCUT2D eigenvalue weighted by Gasteiger charge is 2.14. The molecule has 0 saturated heterocycles. The Morgan fingerprint density at radius 1 is 1.08 bits per heavy atom. The van der Waals surface area contributed by atoms with Gasteiger partial charge in [0.05, 0.1) is 4.88 Å². The first-order valence-electron chi connectivity index (χ1n) is 7.52. The summed E-state index contributed by atoms with van der Waals surface area (Å²) in [6.45, 7) is 1.82. The summed E-state index contributed by atoms with van der Waals surface area (Å²) < 4.78 is 13.9. The van der Waals surface area contributed by atoms with Gasteiger partial charge in [0.1, 0.15) is 5.82 Å². The van der Waals surface area contributed by atoms with Crippen LogP contribution in [0.1, 0.15) is 25.6 Å². The average Bonchev–Trinajstić information content (AvgIpc) is 3.07. The lowest BCUT2D eigenvalue weighted by Crippen LogP contribution is -2.14. The smallest absolute Gasteiger partial charge is 0.265 e. The number of nitrogens with one attached hydrogen (secondary N) is 1. The molecule has 3 aromatic rings. The second kappa shape index (κ2) is 6.86. The van der Waals surface area contributed by atoms with Gasteiger partial charge in [-0.15, -0.1) is 11.3 Å². The molecule has 0 aliphatic carbocycles. The number of nitrogens with two attached hydrogens (primary N) is 1. The van der Waals surface area contributed by atoms with Gasteiger partial charge in [-0.25, -0.2) is 4.39 Å². The number of primary amides is 1. The summed E-state index contributed by atoms with van der Waals surface area (Å²) in [4.78, 5) is 24.9. The van der Waals surface area contributed by atoms with Crippen molar-refractivity contribution < 1.29 is 14.0 Å². The van der Waals surface area contributed by atoms with Crippen LogP contribution in [0, 0.1) is 12.7 Å². The fourth-order valence-corrected chi connectivity index (χ4v) is 3.29. The summed E-state index contributed by atoms with van der Waals surface area (Å²) in [5, 5.41) is 2.77. The van der Waals surface area contributed by atoms with E-state index < -0.39 is 5.91 Å². The molecule has 0 spiro atoms. The van der Waals surface area contributed by atoms with E-state index in [-0.39, 0.29) is 11.7 Å². The average molecular weight is 354 g/mol. The number of benzene rings is 2. The van der Waals surface area contributed by atoms with Gasteiger partial charge in [0.25, 0.3) is 5.91 Å². The van der Waals surface area contributed by atoms with Crippen molar-refractivity contribution in [2.24, 2.45) is 5.73 Å². The number of aryl methyl sites for hydroxylation is 1. The minimum absolute atomic E-state index is 0.319. The van der Waals surface area contributed by atoms with E-state index in [4.69, 9.17) is 5.73 Å². The number of halogens is 1. The lowest BCUT2D eigenvalue weighted by Gasteiger charge is -2.08. The van der Waals surface area contributed by atoms with Crippen molar-refractivity contribution in [1.29, 1.82) is 0 Å². The van der Waals surface area contributed by atoms with Gasteiger partial charge in [0, 0.05) is 21.7 Å². The topological polar surface area (TPSA) is 72.2 Å². The molecular weight excluding hydrogens is 339 g/mol. The van der Waals surface area contributed by atoms with E-state index in [2.05, 4.69) is 5.32 Å². The van der Waals surface area contributed by atoms with Crippen LogP contribution >= 0.6 is 11.3 Å². The van der Waals surface area contributed by atoms with E-state index >= 15 is 0 Å². The monoisotopic (exact) mass is 354 g/mol. The summed E-state index contributed by atoms with van der Waals surface area (Å²) in [6, 6.07) is 14.6. The molecule has 0 bridgehead atoms. The van der Waals surface area contributed by atoms with E-state index in [0.717, 1.165) is 5.56 Å². The van der Waals surface area contributed by atoms with Gasteiger partial charge in [-0.2, -0.15) is 0 Å². The third-order valence-electron chi connectivity index (χ3n) is 3.74. The zero-order valence-electron chi connectivity index (χ0n) is 13.4. The molecular formula is C19H15FN2O2S. The van der Waals surface area contributed by atoms with E-state index in [1.165, 1.54) is 17.4 Å². The molecule has 126 valence electrons. The predicted molar refractivity (Wildman–Crippen MR) is 97.4 cm³/mol. The van der Waals surface area contributed by atoms with Crippen LogP contribution in [0.25, 0.3) is 10.4 Å². The molecule has 1 aromatic heterocycles.